The van der Waals surface area contributed by atoms with Crippen LogP contribution < -0.4 is 11.1 Å². The lowest BCUT2D eigenvalue weighted by molar-refractivity contribution is -0.141. The number of amides is 1. The van der Waals surface area contributed by atoms with E-state index < -0.39 is 5.97 Å². The quantitative estimate of drug-likeness (QED) is 0.525. The van der Waals surface area contributed by atoms with Crippen LogP contribution in [-0.4, -0.2) is 42.8 Å². The van der Waals surface area contributed by atoms with Crippen LogP contribution in [0, 0.1) is 5.92 Å². The average molecular weight is 230 g/mol. The summed E-state index contributed by atoms with van der Waals surface area (Å²) in [6.07, 6.45) is 1.86. The predicted molar refractivity (Wildman–Crippen MR) is 56.8 cm³/mol. The van der Waals surface area contributed by atoms with Crippen LogP contribution in [0.3, 0.4) is 0 Å². The number of hydrogen-bond donors (Lipinski definition) is 3. The van der Waals surface area contributed by atoms with Crippen LogP contribution in [0.4, 0.5) is 0 Å². The molecule has 4 N–H and O–H groups in total. The summed E-state index contributed by atoms with van der Waals surface area (Å²) in [5.74, 6) is -1.31. The van der Waals surface area contributed by atoms with Gasteiger partial charge < -0.3 is 20.9 Å². The molecule has 0 aromatic heterocycles. The van der Waals surface area contributed by atoms with Gasteiger partial charge in [-0.05, 0) is 19.3 Å². The van der Waals surface area contributed by atoms with Gasteiger partial charge in [0.2, 0.25) is 5.91 Å². The highest BCUT2D eigenvalue weighted by Gasteiger charge is 2.30. The van der Waals surface area contributed by atoms with Crippen LogP contribution in [0.5, 0.6) is 0 Å². The predicted octanol–water partition coefficient (Wildman–Crippen LogP) is -0.669. The molecule has 2 unspecified atom stereocenters. The Bertz CT molecular complexity index is 257. The molecule has 0 radical (unpaired) electrons. The highest BCUT2D eigenvalue weighted by atomic mass is 16.5. The molecule has 0 heterocycles. The number of rotatable bonds is 6. The van der Waals surface area contributed by atoms with Crippen molar-refractivity contribution in [2.45, 2.75) is 25.3 Å². The third-order valence-electron chi connectivity index (χ3n) is 2.64. The second-order valence-electron chi connectivity index (χ2n) is 3.95. The van der Waals surface area contributed by atoms with E-state index in [0.717, 1.165) is 6.42 Å². The minimum atomic E-state index is -0.781. The molecule has 1 saturated carbocycles. The molecule has 6 nitrogen and oxygen atoms in total. The summed E-state index contributed by atoms with van der Waals surface area (Å²) >= 11 is 0. The number of nitrogens with one attached hydrogen (secondary N) is 1. The van der Waals surface area contributed by atoms with Crippen molar-refractivity contribution in [3.63, 3.8) is 0 Å². The summed E-state index contributed by atoms with van der Waals surface area (Å²) in [4.78, 5) is 22.0. The zero-order valence-electron chi connectivity index (χ0n) is 9.15. The lowest BCUT2D eigenvalue weighted by Crippen LogP contribution is -2.36. The van der Waals surface area contributed by atoms with Crippen molar-refractivity contribution in [3.8, 4) is 0 Å². The Morgan fingerprint density at radius 2 is 2.19 bits per heavy atom. The molecule has 1 rings (SSSR count). The topological polar surface area (TPSA) is 102 Å². The van der Waals surface area contributed by atoms with Gasteiger partial charge in [-0.2, -0.15) is 0 Å². The van der Waals surface area contributed by atoms with Gasteiger partial charge in [0.25, 0.3) is 0 Å². The Balaban J connectivity index is 2.18. The molecule has 1 fully saturated rings. The average Bonchev–Trinajstić information content (AvgIpc) is 2.66. The van der Waals surface area contributed by atoms with Crippen LogP contribution in [0.2, 0.25) is 0 Å². The maximum atomic E-state index is 11.3. The van der Waals surface area contributed by atoms with Gasteiger partial charge in [-0.15, -0.1) is 0 Å². The van der Waals surface area contributed by atoms with Crippen LogP contribution in [0.1, 0.15) is 19.3 Å². The van der Waals surface area contributed by atoms with Gasteiger partial charge in [-0.3, -0.25) is 9.59 Å². The van der Waals surface area contributed by atoms with Gasteiger partial charge in [-0.25, -0.2) is 0 Å². The van der Waals surface area contributed by atoms with E-state index in [2.05, 4.69) is 5.32 Å². The number of carbonyl (C=O) groups excluding carboxylic acids is 1. The summed E-state index contributed by atoms with van der Waals surface area (Å²) in [7, 11) is 0. The first-order valence-corrected chi connectivity index (χ1v) is 5.43. The Hall–Kier alpha value is -1.14. The molecule has 0 spiro atoms. The van der Waals surface area contributed by atoms with Gasteiger partial charge in [0.1, 0.15) is 6.61 Å². The van der Waals surface area contributed by atoms with E-state index in [0.29, 0.717) is 26.0 Å². The molecule has 1 aliphatic carbocycles. The number of ether oxygens (including phenoxy) is 1. The summed E-state index contributed by atoms with van der Waals surface area (Å²) in [5, 5.41) is 11.5. The maximum Gasteiger partial charge on any atom is 0.306 e. The number of aliphatic carboxylic acids is 1. The molecule has 1 aliphatic rings. The third kappa shape index (κ3) is 4.16. The van der Waals surface area contributed by atoms with Gasteiger partial charge in [0, 0.05) is 12.6 Å². The van der Waals surface area contributed by atoms with Crippen molar-refractivity contribution in [1.29, 1.82) is 0 Å². The maximum absolute atomic E-state index is 11.3. The molecule has 1 amide bonds. The van der Waals surface area contributed by atoms with E-state index in [4.69, 9.17) is 15.6 Å². The van der Waals surface area contributed by atoms with Crippen LogP contribution >= 0.6 is 0 Å². The van der Waals surface area contributed by atoms with E-state index in [1.807, 2.05) is 0 Å². The number of carbonyl (C=O) groups is 2. The molecular formula is C10H18N2O4. The van der Waals surface area contributed by atoms with E-state index in [-0.39, 0.29) is 24.5 Å². The highest BCUT2D eigenvalue weighted by Crippen LogP contribution is 2.25. The van der Waals surface area contributed by atoms with Crippen molar-refractivity contribution in [2.24, 2.45) is 11.7 Å². The van der Waals surface area contributed by atoms with Gasteiger partial charge in [-0.1, -0.05) is 0 Å². The fourth-order valence-corrected chi connectivity index (χ4v) is 1.85. The molecule has 0 bridgehead atoms. The second kappa shape index (κ2) is 6.44. The lowest BCUT2D eigenvalue weighted by Gasteiger charge is -2.12. The zero-order chi connectivity index (χ0) is 12.0. The van der Waals surface area contributed by atoms with Gasteiger partial charge in [0.15, 0.2) is 0 Å². The molecule has 0 saturated heterocycles. The van der Waals surface area contributed by atoms with Gasteiger partial charge in [0.05, 0.1) is 12.5 Å². The Morgan fingerprint density at radius 3 is 2.75 bits per heavy atom. The fraction of sp³-hybridized carbons (Fsp3) is 0.800. The number of nitrogens with two attached hydrogens (primary N) is 1. The van der Waals surface area contributed by atoms with Crippen LogP contribution in [-0.2, 0) is 14.3 Å². The highest BCUT2D eigenvalue weighted by molar-refractivity contribution is 5.78. The van der Waals surface area contributed by atoms with Crippen molar-refractivity contribution >= 4 is 11.9 Å². The van der Waals surface area contributed by atoms with Crippen molar-refractivity contribution in [2.75, 3.05) is 19.8 Å². The summed E-state index contributed by atoms with van der Waals surface area (Å²) in [6.45, 7) is 0.735. The normalized spacial score (nSPS) is 24.3. The first-order chi connectivity index (χ1) is 7.63. The minimum Gasteiger partial charge on any atom is -0.481 e. The first-order valence-electron chi connectivity index (χ1n) is 5.43. The van der Waals surface area contributed by atoms with E-state index in [9.17, 15) is 9.59 Å². The Kier molecular flexibility index (Phi) is 5.21. The molecule has 0 aromatic carbocycles. The summed E-state index contributed by atoms with van der Waals surface area (Å²) < 4.78 is 4.98. The summed E-state index contributed by atoms with van der Waals surface area (Å²) in [6, 6.07) is -0.0323. The number of carboxylic acids is 1. The molecule has 6 heteroatoms. The van der Waals surface area contributed by atoms with Crippen molar-refractivity contribution in [1.82, 2.24) is 5.32 Å². The molecular weight excluding hydrogens is 212 g/mol. The van der Waals surface area contributed by atoms with Crippen molar-refractivity contribution < 1.29 is 19.4 Å². The molecule has 0 aliphatic heterocycles. The molecule has 92 valence electrons. The zero-order valence-corrected chi connectivity index (χ0v) is 9.15. The number of hydrogen-bond acceptors (Lipinski definition) is 4. The van der Waals surface area contributed by atoms with E-state index in [1.54, 1.807) is 0 Å². The SMILES string of the molecule is NCCOCC(=O)NC1CCC(C(=O)O)C1. The van der Waals surface area contributed by atoms with E-state index >= 15 is 0 Å². The van der Waals surface area contributed by atoms with Crippen molar-refractivity contribution in [3.05, 3.63) is 0 Å². The largest absolute Gasteiger partial charge is 0.481 e. The monoisotopic (exact) mass is 230 g/mol. The smallest absolute Gasteiger partial charge is 0.306 e. The number of carboxylic acid groups (broad SMARTS) is 1. The fourth-order valence-electron chi connectivity index (χ4n) is 1.85. The van der Waals surface area contributed by atoms with Crippen LogP contribution in [0.15, 0.2) is 0 Å². The minimum absolute atomic E-state index is 0.00849. The standard InChI is InChI=1S/C10H18N2O4/c11-3-4-16-6-9(13)12-8-2-1-7(5-8)10(14)15/h7-8H,1-6,11H2,(H,12,13)(H,14,15). The Labute approximate surface area is 94.1 Å². The van der Waals surface area contributed by atoms with E-state index in [1.165, 1.54) is 0 Å². The lowest BCUT2D eigenvalue weighted by atomic mass is 10.1. The second-order valence-corrected chi connectivity index (χ2v) is 3.95. The molecule has 2 atom stereocenters. The third-order valence-corrected chi connectivity index (χ3v) is 2.64. The first kappa shape index (κ1) is 12.9. The van der Waals surface area contributed by atoms with Crippen LogP contribution in [0.25, 0.3) is 0 Å². The van der Waals surface area contributed by atoms with Gasteiger partial charge >= 0.3 is 5.97 Å². The molecule has 0 aromatic rings. The molecule has 16 heavy (non-hydrogen) atoms. The summed E-state index contributed by atoms with van der Waals surface area (Å²) in [5.41, 5.74) is 5.21. The Morgan fingerprint density at radius 1 is 1.44 bits per heavy atom.